The molecule has 6 nitrogen and oxygen atoms in total. The molecule has 1 heterocycles. The van der Waals surface area contributed by atoms with Gasteiger partial charge in [0.05, 0.1) is 23.4 Å². The second-order valence-electron chi connectivity index (χ2n) is 6.23. The van der Waals surface area contributed by atoms with Crippen LogP contribution in [0, 0.1) is 5.92 Å². The number of amides is 1. The standard InChI is InChI=1S/C15H18ClF3N2O4S/c1-26(23,24)25-8-9-2-4-11(5-3-9)21-14(22)12-6-10(16)7-20-13(12)15(17,18)19/h6-7,9,11H,2-5,8H2,1H3,(H,21,22)/t9-,11-. The highest BCUT2D eigenvalue weighted by Crippen LogP contribution is 2.32. The minimum Gasteiger partial charge on any atom is -0.349 e. The average molecular weight is 415 g/mol. The molecule has 0 bridgehead atoms. The van der Waals surface area contributed by atoms with Crippen LogP contribution in [0.1, 0.15) is 41.7 Å². The highest BCUT2D eigenvalue weighted by atomic mass is 35.5. The van der Waals surface area contributed by atoms with Gasteiger partial charge in [-0.3, -0.25) is 8.98 Å². The maximum absolute atomic E-state index is 13.0. The van der Waals surface area contributed by atoms with Crippen LogP contribution in [0.4, 0.5) is 13.2 Å². The number of pyridine rings is 1. The lowest BCUT2D eigenvalue weighted by atomic mass is 9.86. The molecule has 1 fully saturated rings. The van der Waals surface area contributed by atoms with Gasteiger partial charge in [0.15, 0.2) is 5.69 Å². The molecule has 0 saturated heterocycles. The number of nitrogens with zero attached hydrogens (tertiary/aromatic N) is 1. The van der Waals surface area contributed by atoms with Crippen molar-refractivity contribution in [2.45, 2.75) is 37.9 Å². The predicted octanol–water partition coefficient (Wildman–Crippen LogP) is 3.02. The van der Waals surface area contributed by atoms with Gasteiger partial charge in [0.2, 0.25) is 0 Å². The van der Waals surface area contributed by atoms with Gasteiger partial charge < -0.3 is 5.32 Å². The molecule has 0 aliphatic heterocycles. The molecule has 1 amide bonds. The smallest absolute Gasteiger partial charge is 0.349 e. The van der Waals surface area contributed by atoms with E-state index < -0.39 is 33.5 Å². The van der Waals surface area contributed by atoms with E-state index in [4.69, 9.17) is 15.8 Å². The molecule has 1 aromatic heterocycles. The van der Waals surface area contributed by atoms with Gasteiger partial charge in [0, 0.05) is 12.2 Å². The van der Waals surface area contributed by atoms with Crippen LogP contribution in [0.3, 0.4) is 0 Å². The lowest BCUT2D eigenvalue weighted by Crippen LogP contribution is -2.39. The Morgan fingerprint density at radius 2 is 1.96 bits per heavy atom. The monoisotopic (exact) mass is 414 g/mol. The Labute approximate surface area is 154 Å². The van der Waals surface area contributed by atoms with Crippen LogP contribution in [0.25, 0.3) is 0 Å². The summed E-state index contributed by atoms with van der Waals surface area (Å²) >= 11 is 5.67. The maximum Gasteiger partial charge on any atom is 0.434 e. The number of alkyl halides is 3. The molecule has 11 heteroatoms. The summed E-state index contributed by atoms with van der Waals surface area (Å²) < 4.78 is 65.8. The van der Waals surface area contributed by atoms with Crippen molar-refractivity contribution in [3.63, 3.8) is 0 Å². The zero-order chi connectivity index (χ0) is 19.5. The van der Waals surface area contributed by atoms with Crippen molar-refractivity contribution in [2.24, 2.45) is 5.92 Å². The van der Waals surface area contributed by atoms with Crippen molar-refractivity contribution in [3.05, 3.63) is 28.5 Å². The number of hydrogen-bond acceptors (Lipinski definition) is 5. The number of aromatic nitrogens is 1. The maximum atomic E-state index is 13.0. The molecule has 146 valence electrons. The molecule has 0 atom stereocenters. The zero-order valence-corrected chi connectivity index (χ0v) is 15.4. The third-order valence-electron chi connectivity index (χ3n) is 4.07. The van der Waals surface area contributed by atoms with E-state index in [1.165, 1.54) is 0 Å². The molecule has 1 saturated carbocycles. The summed E-state index contributed by atoms with van der Waals surface area (Å²) in [7, 11) is -3.51. The van der Waals surface area contributed by atoms with Crippen LogP contribution in [0.5, 0.6) is 0 Å². The van der Waals surface area contributed by atoms with E-state index in [9.17, 15) is 26.4 Å². The molecular formula is C15H18ClF3N2O4S. The number of carbonyl (C=O) groups is 1. The summed E-state index contributed by atoms with van der Waals surface area (Å²) in [6.45, 7) is 0.0654. The van der Waals surface area contributed by atoms with E-state index in [0.29, 0.717) is 25.7 Å². The molecule has 26 heavy (non-hydrogen) atoms. The second-order valence-corrected chi connectivity index (χ2v) is 8.31. The lowest BCUT2D eigenvalue weighted by Gasteiger charge is -2.28. The van der Waals surface area contributed by atoms with Crippen molar-refractivity contribution in [1.82, 2.24) is 10.3 Å². The summed E-state index contributed by atoms with van der Waals surface area (Å²) in [5.74, 6) is -0.861. The largest absolute Gasteiger partial charge is 0.434 e. The molecule has 0 radical (unpaired) electrons. The number of nitrogens with one attached hydrogen (secondary N) is 1. The lowest BCUT2D eigenvalue weighted by molar-refractivity contribution is -0.141. The molecule has 0 aromatic carbocycles. The predicted molar refractivity (Wildman–Crippen MR) is 88.3 cm³/mol. The number of carbonyl (C=O) groups excluding carboxylic acids is 1. The first-order chi connectivity index (χ1) is 12.0. The van der Waals surface area contributed by atoms with Crippen molar-refractivity contribution >= 4 is 27.6 Å². The summed E-state index contributed by atoms with van der Waals surface area (Å²) in [4.78, 5) is 15.5. The van der Waals surface area contributed by atoms with Gasteiger partial charge in [-0.15, -0.1) is 0 Å². The third-order valence-corrected chi connectivity index (χ3v) is 4.84. The highest BCUT2D eigenvalue weighted by molar-refractivity contribution is 7.85. The van der Waals surface area contributed by atoms with Gasteiger partial charge >= 0.3 is 6.18 Å². The topological polar surface area (TPSA) is 85.4 Å². The summed E-state index contributed by atoms with van der Waals surface area (Å²) in [5, 5.41) is 2.51. The first kappa shape index (κ1) is 20.9. The first-order valence-corrected chi connectivity index (χ1v) is 10.0. The Morgan fingerprint density at radius 3 is 2.50 bits per heavy atom. The average Bonchev–Trinajstić information content (AvgIpc) is 2.52. The number of rotatable bonds is 5. The van der Waals surface area contributed by atoms with E-state index >= 15 is 0 Å². The molecule has 1 aliphatic carbocycles. The van der Waals surface area contributed by atoms with E-state index in [2.05, 4.69) is 10.3 Å². The van der Waals surface area contributed by atoms with E-state index in [-0.39, 0.29) is 23.6 Å². The minimum absolute atomic E-state index is 0.0245. The molecular weight excluding hydrogens is 397 g/mol. The summed E-state index contributed by atoms with van der Waals surface area (Å²) in [6.07, 6.45) is -0.735. The van der Waals surface area contributed by atoms with Crippen LogP contribution in [-0.2, 0) is 20.5 Å². The first-order valence-electron chi connectivity index (χ1n) is 7.83. The van der Waals surface area contributed by atoms with Crippen LogP contribution < -0.4 is 5.32 Å². The van der Waals surface area contributed by atoms with Crippen LogP contribution in [-0.4, -0.2) is 38.2 Å². The Bertz CT molecular complexity index is 763. The Morgan fingerprint density at radius 1 is 1.35 bits per heavy atom. The van der Waals surface area contributed by atoms with E-state index in [0.717, 1.165) is 18.5 Å². The fourth-order valence-corrected chi connectivity index (χ4v) is 3.39. The van der Waals surface area contributed by atoms with Crippen molar-refractivity contribution in [1.29, 1.82) is 0 Å². The van der Waals surface area contributed by atoms with Crippen LogP contribution in [0.2, 0.25) is 5.02 Å². The third kappa shape index (κ3) is 6.10. The summed E-state index contributed by atoms with van der Waals surface area (Å²) in [6, 6.07) is 0.634. The highest BCUT2D eigenvalue weighted by Gasteiger charge is 2.37. The van der Waals surface area contributed by atoms with Gasteiger partial charge in [0.1, 0.15) is 0 Å². The van der Waals surface area contributed by atoms with Gasteiger partial charge in [-0.05, 0) is 37.7 Å². The van der Waals surface area contributed by atoms with E-state index in [1.807, 2.05) is 0 Å². The van der Waals surface area contributed by atoms with Gasteiger partial charge in [-0.2, -0.15) is 21.6 Å². The van der Waals surface area contributed by atoms with Crippen LogP contribution in [0.15, 0.2) is 12.3 Å². The van der Waals surface area contributed by atoms with E-state index in [1.54, 1.807) is 0 Å². The minimum atomic E-state index is -4.77. The SMILES string of the molecule is CS(=O)(=O)OC[C@H]1CC[C@H](NC(=O)c2cc(Cl)cnc2C(F)(F)F)CC1. The molecule has 0 spiro atoms. The van der Waals surface area contributed by atoms with Crippen molar-refractivity contribution < 1.29 is 30.6 Å². The molecule has 1 N–H and O–H groups in total. The Hall–Kier alpha value is -1.39. The van der Waals surface area contributed by atoms with Gasteiger partial charge in [0.25, 0.3) is 16.0 Å². The quantitative estimate of drug-likeness (QED) is 0.748. The van der Waals surface area contributed by atoms with Gasteiger partial charge in [-0.25, -0.2) is 4.98 Å². The van der Waals surface area contributed by atoms with Crippen molar-refractivity contribution in [2.75, 3.05) is 12.9 Å². The zero-order valence-electron chi connectivity index (χ0n) is 13.8. The normalized spacial score (nSPS) is 21.4. The number of hydrogen-bond donors (Lipinski definition) is 1. The number of halogens is 4. The molecule has 1 aromatic rings. The fraction of sp³-hybridized carbons (Fsp3) is 0.600. The summed E-state index contributed by atoms with van der Waals surface area (Å²) in [5.41, 5.74) is -1.90. The molecule has 2 rings (SSSR count). The Balaban J connectivity index is 1.97. The Kier molecular flexibility index (Phi) is 6.51. The van der Waals surface area contributed by atoms with Crippen molar-refractivity contribution in [3.8, 4) is 0 Å². The second kappa shape index (κ2) is 8.10. The molecule has 1 aliphatic rings. The van der Waals surface area contributed by atoms with Gasteiger partial charge in [-0.1, -0.05) is 11.6 Å². The fourth-order valence-electron chi connectivity index (χ4n) is 2.79. The van der Waals surface area contributed by atoms with Crippen LogP contribution >= 0.6 is 11.6 Å². The molecule has 0 unspecified atom stereocenters.